The number of ether oxygens (including phenoxy) is 1. The monoisotopic (exact) mass is 339 g/mol. The van der Waals surface area contributed by atoms with Crippen LogP contribution >= 0.6 is 27.3 Å². The molecule has 0 N–H and O–H groups in total. The largest absolute Gasteiger partial charge is 0.383 e. The molecule has 1 aliphatic rings. The van der Waals surface area contributed by atoms with E-state index < -0.39 is 10.0 Å². The summed E-state index contributed by atoms with van der Waals surface area (Å²) in [6, 6.07) is 1.92. The summed E-state index contributed by atoms with van der Waals surface area (Å²) in [5.41, 5.74) is 0. The number of hydrogen-bond donors (Lipinski definition) is 0. The maximum atomic E-state index is 12.5. The number of nitrogens with zero attached hydrogens (tertiary/aromatic N) is 1. The van der Waals surface area contributed by atoms with E-state index in [1.54, 1.807) is 22.9 Å². The minimum absolute atomic E-state index is 0.157. The molecule has 0 unspecified atom stereocenters. The first-order valence-electron chi connectivity index (χ1n) is 5.31. The van der Waals surface area contributed by atoms with Crippen molar-refractivity contribution in [1.82, 2.24) is 4.31 Å². The Bertz CT molecular complexity index is 481. The van der Waals surface area contributed by atoms with Gasteiger partial charge in [0, 0.05) is 24.2 Å². The SMILES string of the molecule is COCCN(C1CC1)S(=O)(=O)c1sccc1Br. The van der Waals surface area contributed by atoms with Crippen LogP contribution in [0.5, 0.6) is 0 Å². The predicted octanol–water partition coefficient (Wildman–Crippen LogP) is 2.31. The summed E-state index contributed by atoms with van der Waals surface area (Å²) in [5, 5.41) is 1.78. The molecule has 0 atom stereocenters. The Morgan fingerprint density at radius 3 is 2.76 bits per heavy atom. The van der Waals surface area contributed by atoms with Gasteiger partial charge in [-0.05, 0) is 40.2 Å². The van der Waals surface area contributed by atoms with E-state index in [0.717, 1.165) is 12.8 Å². The quantitative estimate of drug-likeness (QED) is 0.798. The normalized spacial score (nSPS) is 16.6. The highest BCUT2D eigenvalue weighted by molar-refractivity contribution is 9.10. The summed E-state index contributed by atoms with van der Waals surface area (Å²) in [7, 11) is -1.79. The van der Waals surface area contributed by atoms with Crippen LogP contribution in [0.3, 0.4) is 0 Å². The fourth-order valence-electron chi connectivity index (χ4n) is 1.61. The molecule has 0 aliphatic heterocycles. The van der Waals surface area contributed by atoms with Crippen molar-refractivity contribution in [2.24, 2.45) is 0 Å². The average Bonchev–Trinajstić information content (AvgIpc) is 3.00. The summed E-state index contributed by atoms with van der Waals surface area (Å²) >= 11 is 4.53. The highest BCUT2D eigenvalue weighted by Crippen LogP contribution is 2.36. The molecule has 1 heterocycles. The van der Waals surface area contributed by atoms with Crippen LogP contribution in [0.25, 0.3) is 0 Å². The molecular weight excluding hydrogens is 326 g/mol. The molecule has 0 radical (unpaired) electrons. The fourth-order valence-corrected chi connectivity index (χ4v) is 5.71. The van der Waals surface area contributed by atoms with Gasteiger partial charge in [0.2, 0.25) is 0 Å². The fraction of sp³-hybridized carbons (Fsp3) is 0.600. The number of hydrogen-bond acceptors (Lipinski definition) is 4. The zero-order chi connectivity index (χ0) is 12.5. The second-order valence-corrected chi connectivity index (χ2v) is 7.75. The van der Waals surface area contributed by atoms with Gasteiger partial charge in [-0.2, -0.15) is 4.31 Å². The first kappa shape index (κ1) is 13.5. The highest BCUT2D eigenvalue weighted by Gasteiger charge is 2.39. The van der Waals surface area contributed by atoms with Crippen LogP contribution in [0, 0.1) is 0 Å². The van der Waals surface area contributed by atoms with Crippen molar-refractivity contribution in [1.29, 1.82) is 0 Å². The van der Waals surface area contributed by atoms with Crippen molar-refractivity contribution in [3.05, 3.63) is 15.9 Å². The van der Waals surface area contributed by atoms with E-state index in [-0.39, 0.29) is 6.04 Å². The van der Waals surface area contributed by atoms with Crippen molar-refractivity contribution >= 4 is 37.3 Å². The molecule has 0 aromatic carbocycles. The second kappa shape index (κ2) is 5.36. The molecule has 1 aliphatic carbocycles. The van der Waals surface area contributed by atoms with Gasteiger partial charge >= 0.3 is 0 Å². The lowest BCUT2D eigenvalue weighted by Gasteiger charge is -2.20. The summed E-state index contributed by atoms with van der Waals surface area (Å²) < 4.78 is 32.5. The molecular formula is C10H14BrNO3S2. The van der Waals surface area contributed by atoms with Gasteiger partial charge in [0.15, 0.2) is 0 Å². The molecule has 1 saturated carbocycles. The topological polar surface area (TPSA) is 46.6 Å². The third-order valence-corrected chi connectivity index (χ3v) is 7.20. The Kier molecular flexibility index (Phi) is 4.25. The second-order valence-electron chi connectivity index (χ2n) is 3.90. The van der Waals surface area contributed by atoms with Crippen LogP contribution in [0.15, 0.2) is 20.1 Å². The number of rotatable bonds is 6. The molecule has 0 bridgehead atoms. The molecule has 0 saturated heterocycles. The van der Waals surface area contributed by atoms with E-state index in [2.05, 4.69) is 15.9 Å². The zero-order valence-corrected chi connectivity index (χ0v) is 12.6. The van der Waals surface area contributed by atoms with Crippen LogP contribution in [-0.4, -0.2) is 39.0 Å². The Hall–Kier alpha value is 0.0500. The molecule has 2 rings (SSSR count). The number of sulfonamides is 1. The lowest BCUT2D eigenvalue weighted by Crippen LogP contribution is -2.35. The molecule has 96 valence electrons. The number of thiophene rings is 1. The van der Waals surface area contributed by atoms with Crippen LogP contribution in [-0.2, 0) is 14.8 Å². The van der Waals surface area contributed by atoms with Crippen LogP contribution < -0.4 is 0 Å². The smallest absolute Gasteiger partial charge is 0.254 e. The summed E-state index contributed by atoms with van der Waals surface area (Å²) in [6.07, 6.45) is 1.90. The Morgan fingerprint density at radius 2 is 2.29 bits per heavy atom. The van der Waals surface area contributed by atoms with Crippen molar-refractivity contribution in [2.45, 2.75) is 23.1 Å². The van der Waals surface area contributed by atoms with E-state index in [9.17, 15) is 8.42 Å². The van der Waals surface area contributed by atoms with E-state index in [1.165, 1.54) is 11.3 Å². The summed E-state index contributed by atoms with van der Waals surface area (Å²) in [4.78, 5) is 0. The summed E-state index contributed by atoms with van der Waals surface area (Å²) in [5.74, 6) is 0. The van der Waals surface area contributed by atoms with Crippen molar-refractivity contribution < 1.29 is 13.2 Å². The highest BCUT2D eigenvalue weighted by atomic mass is 79.9. The van der Waals surface area contributed by atoms with E-state index in [4.69, 9.17) is 4.74 Å². The molecule has 0 spiro atoms. The van der Waals surface area contributed by atoms with Gasteiger partial charge in [0.05, 0.1) is 6.61 Å². The first-order chi connectivity index (χ1) is 8.07. The van der Waals surface area contributed by atoms with Crippen molar-refractivity contribution in [2.75, 3.05) is 20.3 Å². The van der Waals surface area contributed by atoms with Crippen LogP contribution in [0.2, 0.25) is 0 Å². The van der Waals surface area contributed by atoms with E-state index in [1.807, 2.05) is 0 Å². The van der Waals surface area contributed by atoms with Crippen molar-refractivity contribution in [3.63, 3.8) is 0 Å². The van der Waals surface area contributed by atoms with Gasteiger partial charge in [-0.15, -0.1) is 11.3 Å². The van der Waals surface area contributed by atoms with Gasteiger partial charge in [0.1, 0.15) is 4.21 Å². The standard InChI is InChI=1S/C10H14BrNO3S2/c1-15-6-5-12(8-2-3-8)17(13,14)10-9(11)4-7-16-10/h4,7-8H,2-3,5-6H2,1H3. The molecule has 7 heteroatoms. The van der Waals surface area contributed by atoms with Gasteiger partial charge in [-0.25, -0.2) is 8.42 Å². The van der Waals surface area contributed by atoms with E-state index in [0.29, 0.717) is 21.8 Å². The number of methoxy groups -OCH3 is 1. The van der Waals surface area contributed by atoms with Gasteiger partial charge in [-0.1, -0.05) is 0 Å². The lowest BCUT2D eigenvalue weighted by atomic mass is 10.6. The minimum Gasteiger partial charge on any atom is -0.383 e. The summed E-state index contributed by atoms with van der Waals surface area (Å²) in [6.45, 7) is 0.854. The molecule has 4 nitrogen and oxygen atoms in total. The maximum Gasteiger partial charge on any atom is 0.254 e. The average molecular weight is 340 g/mol. The minimum atomic E-state index is -3.37. The Balaban J connectivity index is 2.25. The molecule has 1 aromatic heterocycles. The van der Waals surface area contributed by atoms with Gasteiger partial charge in [-0.3, -0.25) is 0 Å². The van der Waals surface area contributed by atoms with Crippen molar-refractivity contribution in [3.8, 4) is 0 Å². The maximum absolute atomic E-state index is 12.5. The third kappa shape index (κ3) is 2.90. The molecule has 0 amide bonds. The Labute approximate surface area is 114 Å². The van der Waals surface area contributed by atoms with Gasteiger partial charge < -0.3 is 4.74 Å². The van der Waals surface area contributed by atoms with Gasteiger partial charge in [0.25, 0.3) is 10.0 Å². The number of halogens is 1. The third-order valence-electron chi connectivity index (χ3n) is 2.60. The lowest BCUT2D eigenvalue weighted by molar-refractivity contribution is 0.177. The Morgan fingerprint density at radius 1 is 1.59 bits per heavy atom. The van der Waals surface area contributed by atoms with Crippen LogP contribution in [0.1, 0.15) is 12.8 Å². The molecule has 1 fully saturated rings. The predicted molar refractivity (Wildman–Crippen MR) is 70.8 cm³/mol. The van der Waals surface area contributed by atoms with E-state index >= 15 is 0 Å². The molecule has 17 heavy (non-hydrogen) atoms. The zero-order valence-electron chi connectivity index (χ0n) is 9.43. The van der Waals surface area contributed by atoms with Crippen LogP contribution in [0.4, 0.5) is 0 Å². The molecule has 1 aromatic rings. The first-order valence-corrected chi connectivity index (χ1v) is 8.42.